The highest BCUT2D eigenvalue weighted by Crippen LogP contribution is 2.30. The van der Waals surface area contributed by atoms with E-state index in [0.29, 0.717) is 16.8 Å². The van der Waals surface area contributed by atoms with Gasteiger partial charge >= 0.3 is 0 Å². The van der Waals surface area contributed by atoms with E-state index in [0.717, 1.165) is 11.6 Å². The van der Waals surface area contributed by atoms with E-state index in [1.54, 1.807) is 43.1 Å². The largest absolute Gasteiger partial charge is 0.370 e. The molecule has 8 heteroatoms. The molecule has 0 saturated heterocycles. The maximum atomic E-state index is 14.5. The van der Waals surface area contributed by atoms with Crippen molar-refractivity contribution in [3.05, 3.63) is 118 Å². The van der Waals surface area contributed by atoms with Crippen molar-refractivity contribution < 1.29 is 18.4 Å². The van der Waals surface area contributed by atoms with Crippen LogP contribution in [0.3, 0.4) is 0 Å². The summed E-state index contributed by atoms with van der Waals surface area (Å²) in [5.74, 6) is -2.03. The highest BCUT2D eigenvalue weighted by Gasteiger charge is 2.17. The minimum atomic E-state index is -0.800. The van der Waals surface area contributed by atoms with E-state index in [2.05, 4.69) is 17.1 Å². The number of para-hydroxylation sites is 1. The monoisotopic (exact) mass is 509 g/mol. The van der Waals surface area contributed by atoms with Crippen LogP contribution in [-0.2, 0) is 22.8 Å². The first-order valence-electron chi connectivity index (χ1n) is 11.1. The number of hydrogen-bond donors (Lipinski definition) is 1. The van der Waals surface area contributed by atoms with E-state index in [-0.39, 0.29) is 29.4 Å². The van der Waals surface area contributed by atoms with Gasteiger partial charge < -0.3 is 4.90 Å². The van der Waals surface area contributed by atoms with Crippen LogP contribution in [0.1, 0.15) is 23.6 Å². The van der Waals surface area contributed by atoms with Crippen LogP contribution < -0.4 is 10.4 Å². The van der Waals surface area contributed by atoms with Crippen LogP contribution in [0.2, 0.25) is 5.02 Å². The Hall–Kier alpha value is -3.81. The maximum absolute atomic E-state index is 14.5. The predicted molar refractivity (Wildman–Crippen MR) is 141 cm³/mol. The van der Waals surface area contributed by atoms with Gasteiger partial charge in [-0.2, -0.15) is 0 Å². The van der Waals surface area contributed by atoms with Gasteiger partial charge in [-0.25, -0.2) is 14.3 Å². The van der Waals surface area contributed by atoms with Crippen molar-refractivity contribution in [2.45, 2.75) is 20.1 Å². The molecule has 0 unspecified atom stereocenters. The molecular formula is C28H26ClF2N3O2. The van der Waals surface area contributed by atoms with Crippen LogP contribution >= 0.6 is 11.6 Å². The first kappa shape index (κ1) is 26.8. The summed E-state index contributed by atoms with van der Waals surface area (Å²) < 4.78 is 28.8. The zero-order chi connectivity index (χ0) is 26.1. The normalized spacial score (nSPS) is 11.5. The van der Waals surface area contributed by atoms with E-state index < -0.39 is 17.5 Å². The molecule has 0 aliphatic rings. The number of nitrogens with one attached hydrogen (secondary N) is 1. The summed E-state index contributed by atoms with van der Waals surface area (Å²) >= 11 is 5.84. The number of carbonyl (C=O) groups excluding carboxylic acids is 1. The molecule has 0 atom stereocenters. The fraction of sp³-hybridized carbons (Fsp3) is 0.143. The molecule has 0 aromatic heterocycles. The van der Waals surface area contributed by atoms with Crippen LogP contribution in [0.25, 0.3) is 5.57 Å². The highest BCUT2D eigenvalue weighted by atomic mass is 35.5. The molecular weight excluding hydrogens is 484 g/mol. The summed E-state index contributed by atoms with van der Waals surface area (Å²) in [5, 5.41) is -0.150. The van der Waals surface area contributed by atoms with Gasteiger partial charge in [-0.05, 0) is 42.3 Å². The van der Waals surface area contributed by atoms with E-state index in [4.69, 9.17) is 16.4 Å². The van der Waals surface area contributed by atoms with Gasteiger partial charge in [0.1, 0.15) is 17.3 Å². The van der Waals surface area contributed by atoms with Crippen molar-refractivity contribution in [3.8, 4) is 0 Å². The van der Waals surface area contributed by atoms with Gasteiger partial charge in [0.25, 0.3) is 5.91 Å². The number of allylic oxidation sites excluding steroid dienone is 2. The van der Waals surface area contributed by atoms with E-state index >= 15 is 0 Å². The fourth-order valence-corrected chi connectivity index (χ4v) is 3.65. The average Bonchev–Trinajstić information content (AvgIpc) is 2.89. The summed E-state index contributed by atoms with van der Waals surface area (Å²) in [4.78, 5) is 23.8. The van der Waals surface area contributed by atoms with E-state index in [1.807, 2.05) is 30.3 Å². The molecule has 0 heterocycles. The molecule has 0 spiro atoms. The number of carbonyl (C=O) groups is 1. The molecule has 0 fully saturated rings. The Kier molecular flexibility index (Phi) is 9.50. The number of nitrogens with zero attached hydrogens (tertiary/aromatic N) is 2. The number of hydroxylamine groups is 1. The molecule has 1 N–H and O–H groups in total. The molecule has 5 nitrogen and oxygen atoms in total. The van der Waals surface area contributed by atoms with Crippen molar-refractivity contribution in [1.29, 1.82) is 0 Å². The molecule has 0 bridgehead atoms. The quantitative estimate of drug-likeness (QED) is 0.112. The summed E-state index contributed by atoms with van der Waals surface area (Å²) in [6, 6.07) is 18.9. The Labute approximate surface area is 214 Å². The summed E-state index contributed by atoms with van der Waals surface area (Å²) in [5.41, 5.74) is 5.01. The Morgan fingerprint density at radius 1 is 1.11 bits per heavy atom. The smallest absolute Gasteiger partial charge is 0.293 e. The third kappa shape index (κ3) is 6.87. The second kappa shape index (κ2) is 12.8. The van der Waals surface area contributed by atoms with Crippen molar-refractivity contribution in [2.24, 2.45) is 4.99 Å². The number of amides is 1. The van der Waals surface area contributed by atoms with Crippen LogP contribution in [0.4, 0.5) is 14.5 Å². The first-order valence-corrected chi connectivity index (χ1v) is 11.5. The average molecular weight is 510 g/mol. The Balaban J connectivity index is 1.79. The second-order valence-corrected chi connectivity index (χ2v) is 8.25. The maximum Gasteiger partial charge on any atom is 0.293 e. The third-order valence-electron chi connectivity index (χ3n) is 5.25. The van der Waals surface area contributed by atoms with Crippen LogP contribution in [0.5, 0.6) is 0 Å². The van der Waals surface area contributed by atoms with Crippen LogP contribution in [0, 0.1) is 11.6 Å². The minimum absolute atomic E-state index is 0.0694. The van der Waals surface area contributed by atoms with Gasteiger partial charge in [-0.15, -0.1) is 0 Å². The number of halogens is 3. The van der Waals surface area contributed by atoms with E-state index in [9.17, 15) is 13.6 Å². The topological polar surface area (TPSA) is 53.9 Å². The summed E-state index contributed by atoms with van der Waals surface area (Å²) in [6.45, 7) is 5.90. The Morgan fingerprint density at radius 3 is 2.53 bits per heavy atom. The van der Waals surface area contributed by atoms with Crippen molar-refractivity contribution in [1.82, 2.24) is 5.48 Å². The standard InChI is InChI=1S/C28H26ClF2N3O2/c1-4-32-25(28(35)33-36-18-20-10-6-5-7-11-20)16-19(2)21-12-8-9-13-26(21)34(3)17-22-24(30)15-14-23(29)27(22)31/h4-16H,2,17-18H2,1,3H3,(H,33,35)/b25-16-,32-4?. The number of hydrogen-bond acceptors (Lipinski definition) is 4. The van der Waals surface area contributed by atoms with Crippen molar-refractivity contribution in [2.75, 3.05) is 11.9 Å². The zero-order valence-electron chi connectivity index (χ0n) is 20.0. The van der Waals surface area contributed by atoms with Gasteiger partial charge in [0.05, 0.1) is 11.6 Å². The van der Waals surface area contributed by atoms with Crippen LogP contribution in [-0.4, -0.2) is 19.2 Å². The van der Waals surface area contributed by atoms with Gasteiger partial charge in [0.15, 0.2) is 0 Å². The predicted octanol–water partition coefficient (Wildman–Crippen LogP) is 6.49. The third-order valence-corrected chi connectivity index (χ3v) is 5.55. The molecule has 3 aromatic carbocycles. The molecule has 1 amide bonds. The fourth-order valence-electron chi connectivity index (χ4n) is 3.47. The lowest BCUT2D eigenvalue weighted by Gasteiger charge is -2.23. The van der Waals surface area contributed by atoms with E-state index in [1.165, 1.54) is 18.4 Å². The lowest BCUT2D eigenvalue weighted by atomic mass is 10.0. The lowest BCUT2D eigenvalue weighted by Crippen LogP contribution is -2.24. The summed E-state index contributed by atoms with van der Waals surface area (Å²) in [6.07, 6.45) is 3.01. The molecule has 0 saturated carbocycles. The number of anilines is 1. The van der Waals surface area contributed by atoms with Gasteiger partial charge in [-0.1, -0.05) is 66.7 Å². The number of benzene rings is 3. The van der Waals surface area contributed by atoms with Gasteiger partial charge in [0.2, 0.25) is 0 Å². The Morgan fingerprint density at radius 2 is 1.81 bits per heavy atom. The minimum Gasteiger partial charge on any atom is -0.370 e. The molecule has 3 aromatic rings. The highest BCUT2D eigenvalue weighted by molar-refractivity contribution is 6.30. The van der Waals surface area contributed by atoms with Gasteiger partial charge in [-0.3, -0.25) is 14.6 Å². The van der Waals surface area contributed by atoms with Gasteiger partial charge in [0, 0.05) is 36.6 Å². The van der Waals surface area contributed by atoms with Crippen molar-refractivity contribution >= 4 is 35.0 Å². The molecule has 0 aliphatic carbocycles. The first-order chi connectivity index (χ1) is 17.3. The SMILES string of the molecule is C=C(/C=C(\N=CC)C(=O)NOCc1ccccc1)c1ccccc1N(C)Cc1c(F)ccc(Cl)c1F. The second-order valence-electron chi connectivity index (χ2n) is 7.84. The molecule has 0 radical (unpaired) electrons. The Bertz CT molecular complexity index is 1290. The zero-order valence-corrected chi connectivity index (χ0v) is 20.7. The van der Waals surface area contributed by atoms with Crippen LogP contribution in [0.15, 0.2) is 90.1 Å². The van der Waals surface area contributed by atoms with Crippen molar-refractivity contribution in [3.63, 3.8) is 0 Å². The molecule has 186 valence electrons. The lowest BCUT2D eigenvalue weighted by molar-refractivity contribution is -0.130. The molecule has 36 heavy (non-hydrogen) atoms. The molecule has 3 rings (SSSR count). The summed E-state index contributed by atoms with van der Waals surface area (Å²) in [7, 11) is 1.70. The molecule has 0 aliphatic heterocycles. The number of aliphatic imine (C=N–C) groups is 1. The number of rotatable bonds is 10.